The second-order valence-corrected chi connectivity index (χ2v) is 7.26. The van der Waals surface area contributed by atoms with Gasteiger partial charge in [-0.1, -0.05) is 18.2 Å². The van der Waals surface area contributed by atoms with Crippen LogP contribution in [0.4, 0.5) is 0 Å². The number of nitrogens with one attached hydrogen (secondary N) is 1. The lowest BCUT2D eigenvalue weighted by Gasteiger charge is -2.34. The summed E-state index contributed by atoms with van der Waals surface area (Å²) in [5.74, 6) is 1.99. The van der Waals surface area contributed by atoms with Crippen molar-refractivity contribution >= 4 is 0 Å². The maximum absolute atomic E-state index is 6.13. The molecule has 0 bridgehead atoms. The Morgan fingerprint density at radius 2 is 2.19 bits per heavy atom. The first-order chi connectivity index (χ1) is 10.2. The Bertz CT molecular complexity index is 489. The first-order valence-electron chi connectivity index (χ1n) is 8.45. The van der Waals surface area contributed by atoms with Gasteiger partial charge in [0.1, 0.15) is 11.9 Å². The van der Waals surface area contributed by atoms with Gasteiger partial charge in [0.05, 0.1) is 0 Å². The van der Waals surface area contributed by atoms with Crippen LogP contribution in [-0.2, 0) is 6.42 Å². The van der Waals surface area contributed by atoms with Gasteiger partial charge >= 0.3 is 0 Å². The van der Waals surface area contributed by atoms with E-state index < -0.39 is 0 Å². The molecular weight excluding hydrogens is 260 g/mol. The molecule has 2 unspecified atom stereocenters. The number of para-hydroxylation sites is 1. The normalized spacial score (nSPS) is 33.3. The SMILES string of the molecule is CC1(C2CC2)CN(CC2Cc3ccccc3O2)CCCN1. The molecule has 1 N–H and O–H groups in total. The number of nitrogens with zero attached hydrogens (tertiary/aromatic N) is 1. The summed E-state index contributed by atoms with van der Waals surface area (Å²) in [6.45, 7) is 7.03. The van der Waals surface area contributed by atoms with Crippen molar-refractivity contribution in [2.75, 3.05) is 26.2 Å². The Morgan fingerprint density at radius 3 is 3.00 bits per heavy atom. The summed E-state index contributed by atoms with van der Waals surface area (Å²) in [5, 5.41) is 3.81. The van der Waals surface area contributed by atoms with E-state index in [0.29, 0.717) is 11.6 Å². The topological polar surface area (TPSA) is 24.5 Å². The van der Waals surface area contributed by atoms with Crippen LogP contribution in [0.3, 0.4) is 0 Å². The van der Waals surface area contributed by atoms with E-state index in [1.54, 1.807) is 0 Å². The molecule has 3 nitrogen and oxygen atoms in total. The van der Waals surface area contributed by atoms with Gasteiger partial charge in [-0.2, -0.15) is 0 Å². The molecule has 0 radical (unpaired) electrons. The minimum absolute atomic E-state index is 0.321. The summed E-state index contributed by atoms with van der Waals surface area (Å²) in [7, 11) is 0. The third-order valence-electron chi connectivity index (χ3n) is 5.39. The van der Waals surface area contributed by atoms with E-state index in [1.807, 2.05) is 0 Å². The highest BCUT2D eigenvalue weighted by atomic mass is 16.5. The van der Waals surface area contributed by atoms with Crippen molar-refractivity contribution in [1.82, 2.24) is 10.2 Å². The average molecular weight is 286 g/mol. The molecule has 2 heterocycles. The minimum atomic E-state index is 0.321. The summed E-state index contributed by atoms with van der Waals surface area (Å²) in [6.07, 6.45) is 5.47. The zero-order valence-corrected chi connectivity index (χ0v) is 13.0. The van der Waals surface area contributed by atoms with Crippen molar-refractivity contribution in [2.45, 2.75) is 44.2 Å². The van der Waals surface area contributed by atoms with E-state index in [-0.39, 0.29) is 0 Å². The number of fused-ring (bicyclic) bond motifs is 1. The van der Waals surface area contributed by atoms with Gasteiger partial charge in [-0.05, 0) is 56.8 Å². The Hall–Kier alpha value is -1.06. The number of ether oxygens (including phenoxy) is 1. The summed E-state index contributed by atoms with van der Waals surface area (Å²) >= 11 is 0. The zero-order valence-electron chi connectivity index (χ0n) is 13.0. The van der Waals surface area contributed by atoms with E-state index in [9.17, 15) is 0 Å². The molecule has 2 aliphatic heterocycles. The highest BCUT2D eigenvalue weighted by Gasteiger charge is 2.43. The molecule has 0 spiro atoms. The van der Waals surface area contributed by atoms with Gasteiger partial charge in [0.25, 0.3) is 0 Å². The van der Waals surface area contributed by atoms with Crippen LogP contribution >= 0.6 is 0 Å². The fourth-order valence-corrected chi connectivity index (χ4v) is 4.07. The summed E-state index contributed by atoms with van der Waals surface area (Å²) in [6, 6.07) is 8.49. The second kappa shape index (κ2) is 5.29. The van der Waals surface area contributed by atoms with E-state index in [1.165, 1.54) is 37.9 Å². The van der Waals surface area contributed by atoms with Crippen molar-refractivity contribution in [2.24, 2.45) is 5.92 Å². The Labute approximate surface area is 127 Å². The minimum Gasteiger partial charge on any atom is -0.488 e. The molecule has 1 aromatic rings. The van der Waals surface area contributed by atoms with Crippen LogP contribution in [0.15, 0.2) is 24.3 Å². The van der Waals surface area contributed by atoms with Crippen LogP contribution < -0.4 is 10.1 Å². The van der Waals surface area contributed by atoms with Crippen LogP contribution in [0.1, 0.15) is 31.7 Å². The molecule has 1 aromatic carbocycles. The Morgan fingerprint density at radius 1 is 1.33 bits per heavy atom. The largest absolute Gasteiger partial charge is 0.488 e. The highest BCUT2D eigenvalue weighted by Crippen LogP contribution is 2.40. The molecule has 0 aromatic heterocycles. The number of hydrogen-bond donors (Lipinski definition) is 1. The molecule has 2 atom stereocenters. The molecule has 4 rings (SSSR count). The molecule has 1 saturated heterocycles. The highest BCUT2D eigenvalue weighted by molar-refractivity contribution is 5.37. The van der Waals surface area contributed by atoms with E-state index >= 15 is 0 Å². The zero-order chi connectivity index (χ0) is 14.3. The predicted octanol–water partition coefficient (Wildman–Crippen LogP) is 2.45. The lowest BCUT2D eigenvalue weighted by Crippen LogP contribution is -2.52. The molecule has 3 heteroatoms. The van der Waals surface area contributed by atoms with Gasteiger partial charge in [0.2, 0.25) is 0 Å². The van der Waals surface area contributed by atoms with Gasteiger partial charge < -0.3 is 10.1 Å². The lowest BCUT2D eigenvalue weighted by atomic mass is 9.95. The molecule has 3 aliphatic rings. The smallest absolute Gasteiger partial charge is 0.123 e. The second-order valence-electron chi connectivity index (χ2n) is 7.26. The van der Waals surface area contributed by atoms with Gasteiger partial charge in [-0.25, -0.2) is 0 Å². The third-order valence-corrected chi connectivity index (χ3v) is 5.39. The van der Waals surface area contributed by atoms with Crippen LogP contribution in [0, 0.1) is 5.92 Å². The summed E-state index contributed by atoms with van der Waals surface area (Å²) in [5.41, 5.74) is 1.70. The fraction of sp³-hybridized carbons (Fsp3) is 0.667. The quantitative estimate of drug-likeness (QED) is 0.924. The van der Waals surface area contributed by atoms with Crippen molar-refractivity contribution in [3.8, 4) is 5.75 Å². The van der Waals surface area contributed by atoms with Crippen LogP contribution in [0.2, 0.25) is 0 Å². The summed E-state index contributed by atoms with van der Waals surface area (Å²) in [4.78, 5) is 2.63. The number of hydrogen-bond acceptors (Lipinski definition) is 3. The monoisotopic (exact) mass is 286 g/mol. The van der Waals surface area contributed by atoms with E-state index in [0.717, 1.165) is 31.2 Å². The van der Waals surface area contributed by atoms with Gasteiger partial charge in [-0.3, -0.25) is 4.90 Å². The molecule has 21 heavy (non-hydrogen) atoms. The molecule has 1 saturated carbocycles. The van der Waals surface area contributed by atoms with Crippen molar-refractivity contribution < 1.29 is 4.74 Å². The van der Waals surface area contributed by atoms with Crippen molar-refractivity contribution in [1.29, 1.82) is 0 Å². The van der Waals surface area contributed by atoms with Crippen molar-refractivity contribution in [3.63, 3.8) is 0 Å². The maximum atomic E-state index is 6.13. The number of benzene rings is 1. The average Bonchev–Trinajstić information content (AvgIpc) is 3.26. The van der Waals surface area contributed by atoms with E-state index in [4.69, 9.17) is 4.74 Å². The van der Waals surface area contributed by atoms with Gasteiger partial charge in [0.15, 0.2) is 0 Å². The predicted molar refractivity (Wildman–Crippen MR) is 84.8 cm³/mol. The van der Waals surface area contributed by atoms with Gasteiger partial charge in [0, 0.05) is 25.0 Å². The van der Waals surface area contributed by atoms with Crippen LogP contribution in [0.5, 0.6) is 5.75 Å². The fourth-order valence-electron chi connectivity index (χ4n) is 4.07. The first-order valence-corrected chi connectivity index (χ1v) is 8.45. The molecular formula is C18H26N2O. The summed E-state index contributed by atoms with van der Waals surface area (Å²) < 4.78 is 6.13. The molecule has 0 amide bonds. The number of rotatable bonds is 3. The standard InChI is InChI=1S/C18H26N2O/c1-18(15-7-8-15)13-20(10-4-9-19-18)12-16-11-14-5-2-3-6-17(14)21-16/h2-3,5-6,15-16,19H,4,7-13H2,1H3. The van der Waals surface area contributed by atoms with Crippen LogP contribution in [0.25, 0.3) is 0 Å². The Kier molecular flexibility index (Phi) is 3.43. The molecule has 2 fully saturated rings. The van der Waals surface area contributed by atoms with Gasteiger partial charge in [-0.15, -0.1) is 0 Å². The molecule has 114 valence electrons. The first kappa shape index (κ1) is 13.6. The van der Waals surface area contributed by atoms with E-state index in [2.05, 4.69) is 41.4 Å². The Balaban J connectivity index is 1.40. The van der Waals surface area contributed by atoms with Crippen LogP contribution in [-0.4, -0.2) is 42.7 Å². The maximum Gasteiger partial charge on any atom is 0.123 e. The van der Waals surface area contributed by atoms with Crippen molar-refractivity contribution in [3.05, 3.63) is 29.8 Å². The molecule has 1 aliphatic carbocycles. The third kappa shape index (κ3) is 2.82. The lowest BCUT2D eigenvalue weighted by molar-refractivity contribution is 0.129.